The monoisotopic (exact) mass is 380 g/mol. The summed E-state index contributed by atoms with van der Waals surface area (Å²) in [4.78, 5) is 13.1. The van der Waals surface area contributed by atoms with Crippen LogP contribution in [0.4, 0.5) is 0 Å². The molecule has 2 rings (SSSR count). The minimum Gasteiger partial charge on any atom is -0.351 e. The zero-order chi connectivity index (χ0) is 19.0. The van der Waals surface area contributed by atoms with Gasteiger partial charge in [-0.25, -0.2) is 8.42 Å². The van der Waals surface area contributed by atoms with E-state index in [1.165, 1.54) is 9.71 Å². The van der Waals surface area contributed by atoms with Crippen molar-refractivity contribution >= 4 is 22.0 Å². The van der Waals surface area contributed by atoms with Crippen molar-refractivity contribution in [3.05, 3.63) is 41.3 Å². The summed E-state index contributed by atoms with van der Waals surface area (Å²) in [7, 11) is -3.42. The van der Waals surface area contributed by atoms with Crippen LogP contribution in [-0.2, 0) is 14.8 Å². The number of nitrogens with zero attached hydrogens (tertiary/aromatic N) is 1. The SMILES string of the molecule is CC(C)CCNC(=O)C[NH+]1CCN(S(=O)(=O)/C=C/c2ccccc2)CC1. The van der Waals surface area contributed by atoms with Crippen LogP contribution in [0.5, 0.6) is 0 Å². The van der Waals surface area contributed by atoms with Crippen LogP contribution in [0.15, 0.2) is 35.7 Å². The molecule has 144 valence electrons. The summed E-state index contributed by atoms with van der Waals surface area (Å²) in [5.41, 5.74) is 0.860. The first-order chi connectivity index (χ1) is 12.4. The summed E-state index contributed by atoms with van der Waals surface area (Å²) in [5.74, 6) is 0.612. The maximum atomic E-state index is 12.4. The zero-order valence-electron chi connectivity index (χ0n) is 15.6. The molecule has 1 aliphatic rings. The van der Waals surface area contributed by atoms with Gasteiger partial charge in [-0.3, -0.25) is 4.79 Å². The highest BCUT2D eigenvalue weighted by atomic mass is 32.2. The Morgan fingerprint density at radius 1 is 1.23 bits per heavy atom. The van der Waals surface area contributed by atoms with Gasteiger partial charge in [-0.05, 0) is 24.0 Å². The molecule has 1 fully saturated rings. The third-order valence-electron chi connectivity index (χ3n) is 4.48. The molecule has 0 spiro atoms. The number of benzene rings is 1. The third kappa shape index (κ3) is 6.90. The molecule has 1 amide bonds. The fourth-order valence-corrected chi connectivity index (χ4v) is 4.03. The van der Waals surface area contributed by atoms with E-state index in [4.69, 9.17) is 0 Å². The van der Waals surface area contributed by atoms with Crippen molar-refractivity contribution in [2.45, 2.75) is 20.3 Å². The van der Waals surface area contributed by atoms with Crippen molar-refractivity contribution in [2.24, 2.45) is 5.92 Å². The van der Waals surface area contributed by atoms with Crippen LogP contribution in [0.2, 0.25) is 0 Å². The predicted molar refractivity (Wildman–Crippen MR) is 104 cm³/mol. The van der Waals surface area contributed by atoms with Crippen LogP contribution < -0.4 is 10.2 Å². The van der Waals surface area contributed by atoms with Crippen LogP contribution in [-0.4, -0.2) is 57.9 Å². The standard InChI is InChI=1S/C19H29N3O3S/c1-17(2)8-10-20-19(23)16-21-11-13-22(14-12-21)26(24,25)15-9-18-6-4-3-5-7-18/h3-7,9,15,17H,8,10-14,16H2,1-2H3,(H,20,23)/p+1/b15-9+. The second-order valence-corrected chi connectivity index (χ2v) is 8.94. The Bertz CT molecular complexity index is 694. The van der Waals surface area contributed by atoms with Crippen molar-refractivity contribution in [2.75, 3.05) is 39.3 Å². The lowest BCUT2D eigenvalue weighted by molar-refractivity contribution is -0.895. The molecule has 1 aromatic carbocycles. The Balaban J connectivity index is 1.78. The van der Waals surface area contributed by atoms with Gasteiger partial charge in [0.1, 0.15) is 0 Å². The first-order valence-corrected chi connectivity index (χ1v) is 10.7. The summed E-state index contributed by atoms with van der Waals surface area (Å²) >= 11 is 0. The summed E-state index contributed by atoms with van der Waals surface area (Å²) < 4.78 is 26.4. The van der Waals surface area contributed by atoms with E-state index in [0.717, 1.165) is 16.9 Å². The van der Waals surface area contributed by atoms with Gasteiger partial charge in [0.2, 0.25) is 10.0 Å². The van der Waals surface area contributed by atoms with Gasteiger partial charge in [0.25, 0.3) is 5.91 Å². The highest BCUT2D eigenvalue weighted by Gasteiger charge is 2.28. The van der Waals surface area contributed by atoms with Crippen molar-refractivity contribution < 1.29 is 18.1 Å². The number of rotatable bonds is 8. The smallest absolute Gasteiger partial charge is 0.275 e. The second-order valence-electron chi connectivity index (χ2n) is 7.12. The average Bonchev–Trinajstić information content (AvgIpc) is 2.61. The number of hydrogen-bond acceptors (Lipinski definition) is 3. The van der Waals surface area contributed by atoms with E-state index in [-0.39, 0.29) is 5.91 Å². The van der Waals surface area contributed by atoms with E-state index in [1.807, 2.05) is 30.3 Å². The molecule has 2 N–H and O–H groups in total. The molecule has 1 saturated heterocycles. The van der Waals surface area contributed by atoms with E-state index in [2.05, 4.69) is 19.2 Å². The topological polar surface area (TPSA) is 70.9 Å². The average molecular weight is 381 g/mol. The van der Waals surface area contributed by atoms with Crippen LogP contribution in [0.3, 0.4) is 0 Å². The Hall–Kier alpha value is -1.70. The Morgan fingerprint density at radius 3 is 2.50 bits per heavy atom. The zero-order valence-corrected chi connectivity index (χ0v) is 16.5. The molecule has 1 heterocycles. The Morgan fingerprint density at radius 2 is 1.88 bits per heavy atom. The molecule has 0 unspecified atom stereocenters. The van der Waals surface area contributed by atoms with Gasteiger partial charge in [0.15, 0.2) is 6.54 Å². The largest absolute Gasteiger partial charge is 0.351 e. The maximum absolute atomic E-state index is 12.4. The van der Waals surface area contributed by atoms with Crippen LogP contribution in [0.25, 0.3) is 6.08 Å². The van der Waals surface area contributed by atoms with E-state index in [0.29, 0.717) is 45.2 Å². The molecule has 0 aliphatic carbocycles. The molecule has 7 heteroatoms. The van der Waals surface area contributed by atoms with Gasteiger partial charge in [-0.1, -0.05) is 44.2 Å². The summed E-state index contributed by atoms with van der Waals surface area (Å²) in [6.45, 7) is 7.55. The van der Waals surface area contributed by atoms with Gasteiger partial charge in [0, 0.05) is 12.0 Å². The van der Waals surface area contributed by atoms with Gasteiger partial charge in [-0.15, -0.1) is 0 Å². The molecule has 6 nitrogen and oxygen atoms in total. The Labute approximate surface area is 156 Å². The van der Waals surface area contributed by atoms with E-state index < -0.39 is 10.0 Å². The molecule has 0 aromatic heterocycles. The number of nitrogens with one attached hydrogen (secondary N) is 2. The number of sulfonamides is 1. The van der Waals surface area contributed by atoms with Crippen molar-refractivity contribution in [1.29, 1.82) is 0 Å². The molecule has 1 aromatic rings. The van der Waals surface area contributed by atoms with Gasteiger partial charge in [-0.2, -0.15) is 4.31 Å². The molecule has 0 bridgehead atoms. The lowest BCUT2D eigenvalue weighted by Crippen LogP contribution is -3.15. The van der Waals surface area contributed by atoms with Crippen molar-refractivity contribution in [3.63, 3.8) is 0 Å². The fourth-order valence-electron chi connectivity index (χ4n) is 2.84. The van der Waals surface area contributed by atoms with E-state index in [1.54, 1.807) is 6.08 Å². The molecule has 1 aliphatic heterocycles. The molecular weight excluding hydrogens is 350 g/mol. The lowest BCUT2D eigenvalue weighted by atomic mass is 10.1. The molecular formula is C19H30N3O3S+. The first-order valence-electron chi connectivity index (χ1n) is 9.20. The maximum Gasteiger partial charge on any atom is 0.275 e. The number of carbonyl (C=O) groups excluding carboxylic acids is 1. The van der Waals surface area contributed by atoms with Crippen molar-refractivity contribution in [1.82, 2.24) is 9.62 Å². The van der Waals surface area contributed by atoms with E-state index in [9.17, 15) is 13.2 Å². The minimum atomic E-state index is -3.42. The van der Waals surface area contributed by atoms with E-state index >= 15 is 0 Å². The molecule has 0 atom stereocenters. The summed E-state index contributed by atoms with van der Waals surface area (Å²) in [6.07, 6.45) is 2.59. The number of quaternary nitrogens is 1. The normalized spacial score (nSPS) is 17.0. The first kappa shape index (κ1) is 20.6. The van der Waals surface area contributed by atoms with Crippen LogP contribution >= 0.6 is 0 Å². The fraction of sp³-hybridized carbons (Fsp3) is 0.526. The summed E-state index contributed by atoms with van der Waals surface area (Å²) in [5, 5.41) is 4.21. The quantitative estimate of drug-likeness (QED) is 0.684. The lowest BCUT2D eigenvalue weighted by Gasteiger charge is -2.30. The third-order valence-corrected chi connectivity index (χ3v) is 6.04. The van der Waals surface area contributed by atoms with Gasteiger partial charge < -0.3 is 10.2 Å². The van der Waals surface area contributed by atoms with Crippen LogP contribution in [0, 0.1) is 5.92 Å². The van der Waals surface area contributed by atoms with Crippen LogP contribution in [0.1, 0.15) is 25.8 Å². The predicted octanol–water partition coefficient (Wildman–Crippen LogP) is 0.350. The highest BCUT2D eigenvalue weighted by molar-refractivity contribution is 7.92. The summed E-state index contributed by atoms with van der Waals surface area (Å²) in [6, 6.07) is 9.38. The highest BCUT2D eigenvalue weighted by Crippen LogP contribution is 2.08. The molecule has 0 saturated carbocycles. The second kappa shape index (κ2) is 9.85. The number of hydrogen-bond donors (Lipinski definition) is 2. The van der Waals surface area contributed by atoms with Crippen molar-refractivity contribution in [3.8, 4) is 0 Å². The van der Waals surface area contributed by atoms with Gasteiger partial charge in [0.05, 0.1) is 26.2 Å². The number of amides is 1. The molecule has 26 heavy (non-hydrogen) atoms. The number of piperazine rings is 1. The van der Waals surface area contributed by atoms with Gasteiger partial charge >= 0.3 is 0 Å². The Kier molecular flexibility index (Phi) is 7.81. The number of carbonyl (C=O) groups is 1. The molecule has 0 radical (unpaired) electrons. The minimum absolute atomic E-state index is 0.0425.